The van der Waals surface area contributed by atoms with Gasteiger partial charge >= 0.3 is 0 Å². The van der Waals surface area contributed by atoms with Crippen LogP contribution in [0.25, 0.3) is 11.4 Å². The molecule has 0 spiro atoms. The molecule has 1 atom stereocenters. The molecular formula is C22H23N3O. The van der Waals surface area contributed by atoms with Crippen molar-refractivity contribution in [3.63, 3.8) is 0 Å². The number of benzene rings is 2. The highest BCUT2D eigenvalue weighted by Crippen LogP contribution is 2.31. The predicted octanol–water partition coefficient (Wildman–Crippen LogP) is 4.05. The van der Waals surface area contributed by atoms with E-state index in [2.05, 4.69) is 28.6 Å². The molecule has 2 heterocycles. The Kier molecular flexibility index (Phi) is 4.33. The van der Waals surface area contributed by atoms with Crippen molar-refractivity contribution in [2.45, 2.75) is 25.8 Å². The summed E-state index contributed by atoms with van der Waals surface area (Å²) >= 11 is 0. The molecule has 1 aromatic heterocycles. The fraction of sp³-hybridized carbons (Fsp3) is 0.273. The molecule has 132 valence electrons. The second-order valence-electron chi connectivity index (χ2n) is 6.99. The number of nitrogens with zero attached hydrogens (tertiary/aromatic N) is 3. The van der Waals surface area contributed by atoms with Crippen molar-refractivity contribution in [3.05, 3.63) is 78.1 Å². The fourth-order valence-corrected chi connectivity index (χ4v) is 3.66. The van der Waals surface area contributed by atoms with Crippen LogP contribution in [0.1, 0.15) is 30.1 Å². The molecule has 1 unspecified atom stereocenters. The normalized spacial score (nSPS) is 15.5. The molecule has 0 saturated carbocycles. The van der Waals surface area contributed by atoms with E-state index in [9.17, 15) is 4.79 Å². The Labute approximate surface area is 154 Å². The van der Waals surface area contributed by atoms with Crippen LogP contribution in [0.15, 0.2) is 66.9 Å². The van der Waals surface area contributed by atoms with Crippen molar-refractivity contribution in [2.75, 3.05) is 13.1 Å². The van der Waals surface area contributed by atoms with Crippen molar-refractivity contribution in [3.8, 4) is 11.4 Å². The number of aryl methyl sites for hydroxylation is 1. The molecule has 0 aliphatic carbocycles. The lowest BCUT2D eigenvalue weighted by Gasteiger charge is -2.42. The Bertz CT molecular complexity index is 896. The summed E-state index contributed by atoms with van der Waals surface area (Å²) in [6.45, 7) is 5.56. The minimum absolute atomic E-state index is 0.102. The smallest absolute Gasteiger partial charge is 0.229 e. The van der Waals surface area contributed by atoms with Gasteiger partial charge in [0.05, 0.1) is 12.0 Å². The third-order valence-corrected chi connectivity index (χ3v) is 5.22. The third-order valence-electron chi connectivity index (χ3n) is 5.22. The minimum atomic E-state index is -0.102. The van der Waals surface area contributed by atoms with Gasteiger partial charge in [-0.2, -0.15) is 0 Å². The molecule has 26 heavy (non-hydrogen) atoms. The van der Waals surface area contributed by atoms with Crippen LogP contribution >= 0.6 is 0 Å². The Morgan fingerprint density at radius 2 is 1.65 bits per heavy atom. The van der Waals surface area contributed by atoms with Gasteiger partial charge in [0.15, 0.2) is 0 Å². The van der Waals surface area contributed by atoms with Gasteiger partial charge in [0, 0.05) is 30.5 Å². The van der Waals surface area contributed by atoms with Crippen LogP contribution < -0.4 is 0 Å². The molecule has 3 aromatic rings. The number of likely N-dealkylation sites (tertiary alicyclic amines) is 1. The highest BCUT2D eigenvalue weighted by Gasteiger charge is 2.36. The van der Waals surface area contributed by atoms with Gasteiger partial charge in [-0.15, -0.1) is 0 Å². The average molecular weight is 345 g/mol. The van der Waals surface area contributed by atoms with Crippen LogP contribution in [0.4, 0.5) is 0 Å². The first-order chi connectivity index (χ1) is 12.6. The van der Waals surface area contributed by atoms with Gasteiger partial charge in [-0.05, 0) is 19.4 Å². The zero-order valence-electron chi connectivity index (χ0n) is 15.2. The number of amides is 1. The van der Waals surface area contributed by atoms with Crippen LogP contribution in [0.3, 0.4) is 0 Å². The highest BCUT2D eigenvalue weighted by atomic mass is 16.2. The summed E-state index contributed by atoms with van der Waals surface area (Å²) in [4.78, 5) is 19.3. The van der Waals surface area contributed by atoms with Crippen LogP contribution in [-0.2, 0) is 4.79 Å². The Morgan fingerprint density at radius 3 is 2.31 bits per heavy atom. The van der Waals surface area contributed by atoms with Gasteiger partial charge in [-0.1, -0.05) is 60.7 Å². The van der Waals surface area contributed by atoms with E-state index in [0.717, 1.165) is 35.7 Å². The molecule has 0 radical (unpaired) electrons. The second-order valence-corrected chi connectivity index (χ2v) is 6.99. The standard InChI is InChI=1S/C22H23N3O/c1-16-13-23-21(19-11-7-4-8-12-19)25(16)20-14-24(15-20)22(26)17(2)18-9-5-3-6-10-18/h3-13,17,20H,14-15H2,1-2H3. The molecule has 0 N–H and O–H groups in total. The van der Waals surface area contributed by atoms with Gasteiger partial charge in [-0.3, -0.25) is 4.79 Å². The van der Waals surface area contributed by atoms with Crippen molar-refractivity contribution in [2.24, 2.45) is 0 Å². The summed E-state index contributed by atoms with van der Waals surface area (Å²) in [5.74, 6) is 1.08. The number of hydrogen-bond donors (Lipinski definition) is 0. The van der Waals surface area contributed by atoms with Crippen molar-refractivity contribution >= 4 is 5.91 Å². The van der Waals surface area contributed by atoms with Crippen LogP contribution in [0.2, 0.25) is 0 Å². The fourth-order valence-electron chi connectivity index (χ4n) is 3.66. The van der Waals surface area contributed by atoms with E-state index in [4.69, 9.17) is 0 Å². The molecule has 1 aliphatic heterocycles. The van der Waals surface area contributed by atoms with E-state index in [1.807, 2.05) is 66.6 Å². The molecule has 1 fully saturated rings. The number of hydrogen-bond acceptors (Lipinski definition) is 2. The van der Waals surface area contributed by atoms with E-state index in [1.165, 1.54) is 0 Å². The SMILES string of the molecule is Cc1cnc(-c2ccccc2)n1C1CN(C(=O)C(C)c2ccccc2)C1. The monoisotopic (exact) mass is 345 g/mol. The summed E-state index contributed by atoms with van der Waals surface area (Å²) in [5, 5.41) is 0. The molecular weight excluding hydrogens is 322 g/mol. The van der Waals surface area contributed by atoms with Crippen LogP contribution in [0.5, 0.6) is 0 Å². The Morgan fingerprint density at radius 1 is 1.04 bits per heavy atom. The first-order valence-electron chi connectivity index (χ1n) is 9.08. The third kappa shape index (κ3) is 2.92. The van der Waals surface area contributed by atoms with E-state index in [1.54, 1.807) is 0 Å². The lowest BCUT2D eigenvalue weighted by molar-refractivity contribution is -0.138. The molecule has 2 aromatic carbocycles. The number of aromatic nitrogens is 2. The molecule has 0 bridgehead atoms. The largest absolute Gasteiger partial charge is 0.338 e. The topological polar surface area (TPSA) is 38.1 Å². The minimum Gasteiger partial charge on any atom is -0.338 e. The van der Waals surface area contributed by atoms with Crippen molar-refractivity contribution < 1.29 is 4.79 Å². The summed E-state index contributed by atoms with van der Waals surface area (Å²) < 4.78 is 2.27. The number of carbonyl (C=O) groups is 1. The maximum absolute atomic E-state index is 12.8. The van der Waals surface area contributed by atoms with Crippen LogP contribution in [-0.4, -0.2) is 33.4 Å². The molecule has 1 saturated heterocycles. The lowest BCUT2D eigenvalue weighted by Crippen LogP contribution is -2.52. The highest BCUT2D eigenvalue weighted by molar-refractivity contribution is 5.84. The van der Waals surface area contributed by atoms with Crippen LogP contribution in [0, 0.1) is 6.92 Å². The average Bonchev–Trinajstić information content (AvgIpc) is 3.03. The van der Waals surface area contributed by atoms with E-state index in [0.29, 0.717) is 6.04 Å². The van der Waals surface area contributed by atoms with Gasteiger partial charge in [0.25, 0.3) is 0 Å². The zero-order valence-corrected chi connectivity index (χ0v) is 15.2. The molecule has 4 rings (SSSR count). The first-order valence-corrected chi connectivity index (χ1v) is 9.08. The maximum atomic E-state index is 12.8. The summed E-state index contributed by atoms with van der Waals surface area (Å²) in [5.41, 5.74) is 3.32. The quantitative estimate of drug-likeness (QED) is 0.715. The lowest BCUT2D eigenvalue weighted by atomic mass is 9.97. The molecule has 1 aliphatic rings. The van der Waals surface area contributed by atoms with Gasteiger partial charge < -0.3 is 9.47 Å². The maximum Gasteiger partial charge on any atom is 0.229 e. The first kappa shape index (κ1) is 16.6. The second kappa shape index (κ2) is 6.79. The summed E-state index contributed by atoms with van der Waals surface area (Å²) in [7, 11) is 0. The van der Waals surface area contributed by atoms with Gasteiger partial charge in [0.1, 0.15) is 5.82 Å². The van der Waals surface area contributed by atoms with E-state index >= 15 is 0 Å². The predicted molar refractivity (Wildman–Crippen MR) is 103 cm³/mol. The number of rotatable bonds is 4. The molecule has 1 amide bonds. The summed E-state index contributed by atoms with van der Waals surface area (Å²) in [6, 6.07) is 20.5. The van der Waals surface area contributed by atoms with Crippen molar-refractivity contribution in [1.29, 1.82) is 0 Å². The van der Waals surface area contributed by atoms with E-state index in [-0.39, 0.29) is 11.8 Å². The Balaban J connectivity index is 1.49. The van der Waals surface area contributed by atoms with E-state index < -0.39 is 0 Å². The van der Waals surface area contributed by atoms with Crippen molar-refractivity contribution in [1.82, 2.24) is 14.5 Å². The number of carbonyl (C=O) groups excluding carboxylic acids is 1. The zero-order chi connectivity index (χ0) is 18.1. The van der Waals surface area contributed by atoms with Gasteiger partial charge in [0.2, 0.25) is 5.91 Å². The summed E-state index contributed by atoms with van der Waals surface area (Å²) in [6.07, 6.45) is 1.92. The molecule has 4 nitrogen and oxygen atoms in total. The van der Waals surface area contributed by atoms with Gasteiger partial charge in [-0.25, -0.2) is 4.98 Å². The number of imidazole rings is 1. The Hall–Kier alpha value is -2.88. The molecule has 4 heteroatoms.